The molecule has 0 atom stereocenters. The van der Waals surface area contributed by atoms with Gasteiger partial charge in [0.1, 0.15) is 18.4 Å². The van der Waals surface area contributed by atoms with Gasteiger partial charge in [0.05, 0.1) is 23.4 Å². The zero-order valence-corrected chi connectivity index (χ0v) is 18.0. The Morgan fingerprint density at radius 3 is 2.38 bits per heavy atom. The highest BCUT2D eigenvalue weighted by molar-refractivity contribution is 7.92. The second-order valence-electron chi connectivity index (χ2n) is 6.38. The number of halogens is 4. The molecule has 3 aromatic rings. The Morgan fingerprint density at radius 2 is 1.75 bits per heavy atom. The van der Waals surface area contributed by atoms with Crippen LogP contribution in [0.15, 0.2) is 53.6 Å². The molecule has 0 N–H and O–H groups in total. The number of carbonyl (C=O) groups excluding carboxylic acids is 1. The molecule has 1 heterocycles. The Hall–Kier alpha value is -3.02. The summed E-state index contributed by atoms with van der Waals surface area (Å²) < 4.78 is 74.9. The van der Waals surface area contributed by atoms with Gasteiger partial charge < -0.3 is 4.74 Å². The second kappa shape index (κ2) is 9.63. The number of anilines is 1. The number of sulfonamides is 1. The van der Waals surface area contributed by atoms with Crippen molar-refractivity contribution in [3.8, 4) is 0 Å². The maximum absolute atomic E-state index is 15.3. The van der Waals surface area contributed by atoms with Gasteiger partial charge in [-0.1, -0.05) is 12.1 Å². The Morgan fingerprint density at radius 1 is 1.09 bits per heavy atom. The number of hydrogen-bond donors (Lipinski definition) is 0. The summed E-state index contributed by atoms with van der Waals surface area (Å²) in [6.07, 6.45) is 0.974. The van der Waals surface area contributed by atoms with Crippen LogP contribution in [-0.2, 0) is 21.2 Å². The van der Waals surface area contributed by atoms with Crippen molar-refractivity contribution in [1.82, 2.24) is 9.97 Å². The molecule has 0 saturated heterocycles. The molecule has 0 radical (unpaired) electrons. The summed E-state index contributed by atoms with van der Waals surface area (Å²) in [5.41, 5.74) is -0.863. The van der Waals surface area contributed by atoms with E-state index in [2.05, 4.69) is 9.97 Å². The Balaban J connectivity index is 2.06. The number of nitrogens with zero attached hydrogens (tertiary/aromatic N) is 3. The van der Waals surface area contributed by atoms with Crippen LogP contribution in [0.4, 0.5) is 18.9 Å². The van der Waals surface area contributed by atoms with Crippen molar-refractivity contribution >= 4 is 33.1 Å². The largest absolute Gasteiger partial charge is 0.363 e. The predicted molar refractivity (Wildman–Crippen MR) is 109 cm³/mol. The number of benzene rings is 2. The van der Waals surface area contributed by atoms with Gasteiger partial charge in [0, 0.05) is 13.3 Å². The monoisotopic (exact) mass is 485 g/mol. The third-order valence-electron chi connectivity index (χ3n) is 4.29. The molecule has 2 aromatic carbocycles. The van der Waals surface area contributed by atoms with Gasteiger partial charge in [-0.15, -0.1) is 0 Å². The van der Waals surface area contributed by atoms with Crippen LogP contribution in [-0.4, -0.2) is 38.0 Å². The van der Waals surface area contributed by atoms with Gasteiger partial charge in [0.15, 0.2) is 16.5 Å². The lowest BCUT2D eigenvalue weighted by Gasteiger charge is -2.25. The van der Waals surface area contributed by atoms with Gasteiger partial charge in [-0.2, -0.15) is 0 Å². The van der Waals surface area contributed by atoms with E-state index in [9.17, 15) is 22.0 Å². The molecule has 0 aliphatic rings. The molecule has 168 valence electrons. The van der Waals surface area contributed by atoms with Gasteiger partial charge in [-0.25, -0.2) is 35.9 Å². The van der Waals surface area contributed by atoms with Crippen LogP contribution in [0, 0.1) is 17.5 Å². The molecule has 3 rings (SSSR count). The predicted octanol–water partition coefficient (Wildman–Crippen LogP) is 3.77. The highest BCUT2D eigenvalue weighted by Crippen LogP contribution is 2.31. The van der Waals surface area contributed by atoms with Crippen molar-refractivity contribution in [3.63, 3.8) is 0 Å². The van der Waals surface area contributed by atoms with Gasteiger partial charge >= 0.3 is 0 Å². The minimum Gasteiger partial charge on any atom is -0.363 e. The second-order valence-corrected chi connectivity index (χ2v) is 8.51. The SMILES string of the molecule is COCN(c1cccc(C(=O)Cc2ccnc(Cl)n2)c1F)S(=O)(=O)c1c(F)cccc1F. The lowest BCUT2D eigenvalue weighted by molar-refractivity contribution is 0.0988. The molecule has 0 saturated carbocycles. The molecule has 0 amide bonds. The molecule has 0 spiro atoms. The van der Waals surface area contributed by atoms with Gasteiger partial charge in [-0.05, 0) is 41.9 Å². The van der Waals surface area contributed by atoms with E-state index in [0.29, 0.717) is 4.31 Å². The zero-order valence-electron chi connectivity index (χ0n) is 16.4. The Labute approximate surface area is 186 Å². The highest BCUT2D eigenvalue weighted by Gasteiger charge is 2.33. The van der Waals surface area contributed by atoms with Crippen molar-refractivity contribution in [2.45, 2.75) is 11.3 Å². The average molecular weight is 486 g/mol. The maximum Gasteiger partial charge on any atom is 0.272 e. The fourth-order valence-electron chi connectivity index (χ4n) is 2.88. The van der Waals surface area contributed by atoms with Crippen LogP contribution < -0.4 is 4.31 Å². The fourth-order valence-corrected chi connectivity index (χ4v) is 4.54. The molecular weight excluding hydrogens is 471 g/mol. The standard InChI is InChI=1S/C20H15ClF3N3O4S/c1-31-11-27(32(29,30)19-14(22)5-3-6-15(19)23)16-7-2-4-13(18(16)24)17(28)10-12-8-9-25-20(21)26-12/h2-9H,10-11H2,1H3. The van der Waals surface area contributed by atoms with E-state index in [1.165, 1.54) is 18.3 Å². The first kappa shape index (κ1) is 23.6. The Kier molecular flexibility index (Phi) is 7.12. The third kappa shape index (κ3) is 4.74. The van der Waals surface area contributed by atoms with Crippen molar-refractivity contribution < 1.29 is 31.1 Å². The summed E-state index contributed by atoms with van der Waals surface area (Å²) >= 11 is 5.68. The maximum atomic E-state index is 15.3. The van der Waals surface area contributed by atoms with Crippen LogP contribution >= 0.6 is 11.6 Å². The minimum atomic E-state index is -4.94. The number of carbonyl (C=O) groups is 1. The first-order valence-electron chi connectivity index (χ1n) is 8.91. The molecule has 0 aliphatic heterocycles. The quantitative estimate of drug-likeness (QED) is 0.274. The first-order valence-corrected chi connectivity index (χ1v) is 10.7. The third-order valence-corrected chi connectivity index (χ3v) is 6.26. The van der Waals surface area contributed by atoms with E-state index < -0.39 is 56.1 Å². The number of rotatable bonds is 8. The van der Waals surface area contributed by atoms with Gasteiger partial charge in [0.2, 0.25) is 5.28 Å². The number of ketones is 1. The summed E-state index contributed by atoms with van der Waals surface area (Å²) in [5.74, 6) is -4.67. The normalized spacial score (nSPS) is 11.4. The van der Waals surface area contributed by atoms with Crippen molar-refractivity contribution in [1.29, 1.82) is 0 Å². The van der Waals surface area contributed by atoms with E-state index in [1.807, 2.05) is 0 Å². The fraction of sp³-hybridized carbons (Fsp3) is 0.150. The van der Waals surface area contributed by atoms with Crippen molar-refractivity contribution in [2.75, 3.05) is 18.1 Å². The zero-order chi connectivity index (χ0) is 23.5. The van der Waals surface area contributed by atoms with E-state index in [-0.39, 0.29) is 17.4 Å². The van der Waals surface area contributed by atoms with Gasteiger partial charge in [-0.3, -0.25) is 4.79 Å². The number of methoxy groups -OCH3 is 1. The topological polar surface area (TPSA) is 89.5 Å². The van der Waals surface area contributed by atoms with E-state index in [0.717, 1.165) is 37.4 Å². The smallest absolute Gasteiger partial charge is 0.272 e. The van der Waals surface area contributed by atoms with Crippen LogP contribution in [0.2, 0.25) is 5.28 Å². The lowest BCUT2D eigenvalue weighted by atomic mass is 10.0. The van der Waals surface area contributed by atoms with Crippen molar-refractivity contribution in [2.24, 2.45) is 0 Å². The summed E-state index contributed by atoms with van der Waals surface area (Å²) in [6.45, 7) is -0.772. The molecule has 12 heteroatoms. The molecule has 0 fully saturated rings. The number of ether oxygens (including phenoxy) is 1. The highest BCUT2D eigenvalue weighted by atomic mass is 35.5. The molecule has 0 aliphatic carbocycles. The van der Waals surface area contributed by atoms with Crippen LogP contribution in [0.5, 0.6) is 0 Å². The number of hydrogen-bond acceptors (Lipinski definition) is 6. The average Bonchev–Trinajstić information content (AvgIpc) is 2.72. The molecule has 0 bridgehead atoms. The molecular formula is C20H15ClF3N3O4S. The van der Waals surface area contributed by atoms with Crippen LogP contribution in [0.25, 0.3) is 0 Å². The summed E-state index contributed by atoms with van der Waals surface area (Å²) in [5, 5.41) is -0.103. The number of Topliss-reactive ketones (excluding diaryl/α,β-unsaturated/α-hetero) is 1. The van der Waals surface area contributed by atoms with Crippen LogP contribution in [0.1, 0.15) is 16.1 Å². The summed E-state index contributed by atoms with van der Waals surface area (Å²) in [6, 6.07) is 7.33. The van der Waals surface area contributed by atoms with E-state index in [1.54, 1.807) is 0 Å². The molecule has 32 heavy (non-hydrogen) atoms. The molecule has 1 aromatic heterocycles. The van der Waals surface area contributed by atoms with Crippen molar-refractivity contribution in [3.05, 3.63) is 82.7 Å². The summed E-state index contributed by atoms with van der Waals surface area (Å²) in [4.78, 5) is 18.9. The van der Waals surface area contributed by atoms with Crippen LogP contribution in [0.3, 0.4) is 0 Å². The van der Waals surface area contributed by atoms with E-state index >= 15 is 4.39 Å². The molecule has 7 nitrogen and oxygen atoms in total. The Bertz CT molecular complexity index is 1250. The van der Waals surface area contributed by atoms with Gasteiger partial charge in [0.25, 0.3) is 10.0 Å². The first-order chi connectivity index (χ1) is 15.2. The molecule has 0 unspecified atom stereocenters. The number of aromatic nitrogens is 2. The minimum absolute atomic E-state index is 0.103. The van der Waals surface area contributed by atoms with E-state index in [4.69, 9.17) is 16.3 Å². The lowest BCUT2D eigenvalue weighted by Crippen LogP contribution is -2.35. The summed E-state index contributed by atoms with van der Waals surface area (Å²) in [7, 11) is -3.82.